The molecule has 6 heteroatoms. The third kappa shape index (κ3) is 4.45. The largest absolute Gasteiger partial charge is 0.493 e. The number of nitrogens with one attached hydrogen (secondary N) is 1. The number of amides is 1. The van der Waals surface area contributed by atoms with Crippen LogP contribution in [0.2, 0.25) is 0 Å². The first-order chi connectivity index (χ1) is 11.5. The van der Waals surface area contributed by atoms with Crippen molar-refractivity contribution in [1.82, 2.24) is 4.90 Å². The molecular formula is C18H21FN2O3. The molecule has 0 aromatic heterocycles. The molecule has 0 fully saturated rings. The van der Waals surface area contributed by atoms with Gasteiger partial charge in [0, 0.05) is 12.1 Å². The lowest BCUT2D eigenvalue weighted by Crippen LogP contribution is -2.30. The van der Waals surface area contributed by atoms with Crippen molar-refractivity contribution in [3.63, 3.8) is 0 Å². The minimum absolute atomic E-state index is 0.120. The van der Waals surface area contributed by atoms with Crippen molar-refractivity contribution in [3.8, 4) is 11.5 Å². The fraction of sp³-hybridized carbons (Fsp3) is 0.278. The molecule has 0 unspecified atom stereocenters. The maximum Gasteiger partial charge on any atom is 0.238 e. The predicted molar refractivity (Wildman–Crippen MR) is 90.9 cm³/mol. The first-order valence-corrected chi connectivity index (χ1v) is 7.48. The first-order valence-electron chi connectivity index (χ1n) is 7.48. The van der Waals surface area contributed by atoms with Crippen LogP contribution in [0, 0.1) is 5.82 Å². The standard InChI is InChI=1S/C18H21FN2O3/c1-21(11-13-7-6-10-16(23-2)18(13)24-3)12-17(22)20-15-9-5-4-8-14(15)19/h4-10H,11-12H2,1-3H3,(H,20,22). The van der Waals surface area contributed by atoms with Gasteiger partial charge in [-0.15, -0.1) is 0 Å². The number of methoxy groups -OCH3 is 2. The third-order valence-corrected chi connectivity index (χ3v) is 3.49. The number of hydrogen-bond donors (Lipinski definition) is 1. The SMILES string of the molecule is COc1cccc(CN(C)CC(=O)Nc2ccccc2F)c1OC. The van der Waals surface area contributed by atoms with Crippen molar-refractivity contribution in [3.05, 3.63) is 53.8 Å². The summed E-state index contributed by atoms with van der Waals surface area (Å²) in [5, 5.41) is 2.57. The van der Waals surface area contributed by atoms with E-state index in [1.54, 1.807) is 33.4 Å². The van der Waals surface area contributed by atoms with E-state index in [0.717, 1.165) is 5.56 Å². The number of ether oxygens (including phenoxy) is 2. The first kappa shape index (κ1) is 17.7. The highest BCUT2D eigenvalue weighted by Gasteiger charge is 2.14. The Labute approximate surface area is 141 Å². The quantitative estimate of drug-likeness (QED) is 0.847. The molecule has 2 rings (SSSR count). The minimum Gasteiger partial charge on any atom is -0.493 e. The van der Waals surface area contributed by atoms with E-state index in [2.05, 4.69) is 5.32 Å². The van der Waals surface area contributed by atoms with Gasteiger partial charge < -0.3 is 14.8 Å². The monoisotopic (exact) mass is 332 g/mol. The van der Waals surface area contributed by atoms with Gasteiger partial charge in [0.2, 0.25) is 5.91 Å². The van der Waals surface area contributed by atoms with E-state index >= 15 is 0 Å². The summed E-state index contributed by atoms with van der Waals surface area (Å²) < 4.78 is 24.2. The molecule has 0 aliphatic rings. The Kier molecular flexibility index (Phi) is 6.14. The molecule has 0 atom stereocenters. The summed E-state index contributed by atoms with van der Waals surface area (Å²) in [6, 6.07) is 11.7. The lowest BCUT2D eigenvalue weighted by Gasteiger charge is -2.19. The number of nitrogens with zero attached hydrogens (tertiary/aromatic N) is 1. The maximum atomic E-state index is 13.6. The number of para-hydroxylation sites is 2. The summed E-state index contributed by atoms with van der Waals surface area (Å²) in [4.78, 5) is 13.9. The molecule has 0 saturated heterocycles. The Balaban J connectivity index is 1.99. The van der Waals surface area contributed by atoms with Crippen LogP contribution in [0.15, 0.2) is 42.5 Å². The Hall–Kier alpha value is -2.60. The zero-order chi connectivity index (χ0) is 17.5. The maximum absolute atomic E-state index is 13.6. The van der Waals surface area contributed by atoms with Crippen LogP contribution < -0.4 is 14.8 Å². The number of rotatable bonds is 7. The number of likely N-dealkylation sites (N-methyl/N-ethyl adjacent to an activating group) is 1. The summed E-state index contributed by atoms with van der Waals surface area (Å²) in [6.07, 6.45) is 0. The Morgan fingerprint density at radius 1 is 1.12 bits per heavy atom. The van der Waals surface area contributed by atoms with Gasteiger partial charge in [0.05, 0.1) is 26.5 Å². The molecule has 24 heavy (non-hydrogen) atoms. The van der Waals surface area contributed by atoms with E-state index in [1.165, 1.54) is 12.1 Å². The molecule has 5 nitrogen and oxygen atoms in total. The van der Waals surface area contributed by atoms with Gasteiger partial charge in [-0.25, -0.2) is 4.39 Å². The van der Waals surface area contributed by atoms with Crippen LogP contribution in [-0.4, -0.2) is 38.6 Å². The summed E-state index contributed by atoms with van der Waals surface area (Å²) >= 11 is 0. The minimum atomic E-state index is -0.456. The van der Waals surface area contributed by atoms with Gasteiger partial charge in [0.25, 0.3) is 0 Å². The van der Waals surface area contributed by atoms with E-state index in [-0.39, 0.29) is 18.1 Å². The molecule has 1 amide bonds. The summed E-state index contributed by atoms with van der Waals surface area (Å²) in [6.45, 7) is 0.611. The second kappa shape index (κ2) is 8.31. The molecule has 0 aliphatic heterocycles. The van der Waals surface area contributed by atoms with E-state index in [1.807, 2.05) is 23.1 Å². The van der Waals surface area contributed by atoms with Gasteiger partial charge in [-0.1, -0.05) is 24.3 Å². The number of benzene rings is 2. The van der Waals surface area contributed by atoms with Crippen molar-refractivity contribution in [1.29, 1.82) is 0 Å². The fourth-order valence-electron chi connectivity index (χ4n) is 2.42. The average Bonchev–Trinajstić information content (AvgIpc) is 2.56. The average molecular weight is 332 g/mol. The van der Waals surface area contributed by atoms with Gasteiger partial charge in [-0.3, -0.25) is 9.69 Å². The van der Waals surface area contributed by atoms with Crippen LogP contribution in [0.5, 0.6) is 11.5 Å². The molecule has 1 N–H and O–H groups in total. The smallest absolute Gasteiger partial charge is 0.238 e. The van der Waals surface area contributed by atoms with Crippen molar-refractivity contribution in [2.24, 2.45) is 0 Å². The molecule has 0 radical (unpaired) electrons. The molecule has 0 aliphatic carbocycles. The van der Waals surface area contributed by atoms with Crippen LogP contribution in [0.25, 0.3) is 0 Å². The van der Waals surface area contributed by atoms with E-state index in [9.17, 15) is 9.18 Å². The number of carbonyl (C=O) groups excluding carboxylic acids is 1. The van der Waals surface area contributed by atoms with Crippen LogP contribution in [0.3, 0.4) is 0 Å². The summed E-state index contributed by atoms with van der Waals surface area (Å²) in [5.74, 6) is 0.535. The fourth-order valence-corrected chi connectivity index (χ4v) is 2.42. The third-order valence-electron chi connectivity index (χ3n) is 3.49. The zero-order valence-electron chi connectivity index (χ0n) is 14.0. The molecule has 128 valence electrons. The van der Waals surface area contributed by atoms with Crippen LogP contribution in [-0.2, 0) is 11.3 Å². The van der Waals surface area contributed by atoms with Crippen LogP contribution in [0.1, 0.15) is 5.56 Å². The van der Waals surface area contributed by atoms with Crippen molar-refractivity contribution < 1.29 is 18.7 Å². The number of halogens is 1. The second-order valence-corrected chi connectivity index (χ2v) is 5.35. The summed E-state index contributed by atoms with van der Waals surface area (Å²) in [5.41, 5.74) is 1.08. The van der Waals surface area contributed by atoms with E-state index in [4.69, 9.17) is 9.47 Å². The number of carbonyl (C=O) groups is 1. The van der Waals surface area contributed by atoms with Gasteiger partial charge in [0.15, 0.2) is 11.5 Å². The van der Waals surface area contributed by atoms with Crippen LogP contribution in [0.4, 0.5) is 10.1 Å². The zero-order valence-corrected chi connectivity index (χ0v) is 14.0. The predicted octanol–water partition coefficient (Wildman–Crippen LogP) is 2.91. The Bertz CT molecular complexity index is 706. The second-order valence-electron chi connectivity index (χ2n) is 5.35. The van der Waals surface area contributed by atoms with E-state index < -0.39 is 5.82 Å². The molecule has 0 heterocycles. The molecule has 2 aromatic carbocycles. The lowest BCUT2D eigenvalue weighted by molar-refractivity contribution is -0.117. The highest BCUT2D eigenvalue weighted by atomic mass is 19.1. The Morgan fingerprint density at radius 2 is 1.88 bits per heavy atom. The summed E-state index contributed by atoms with van der Waals surface area (Å²) in [7, 11) is 4.96. The number of anilines is 1. The highest BCUT2D eigenvalue weighted by Crippen LogP contribution is 2.31. The molecule has 2 aromatic rings. The van der Waals surface area contributed by atoms with Crippen molar-refractivity contribution in [2.45, 2.75) is 6.54 Å². The molecule has 0 bridgehead atoms. The lowest BCUT2D eigenvalue weighted by atomic mass is 10.1. The molecule has 0 saturated carbocycles. The topological polar surface area (TPSA) is 50.8 Å². The van der Waals surface area contributed by atoms with Crippen LogP contribution >= 0.6 is 0 Å². The van der Waals surface area contributed by atoms with Gasteiger partial charge >= 0.3 is 0 Å². The van der Waals surface area contributed by atoms with Gasteiger partial charge in [-0.2, -0.15) is 0 Å². The van der Waals surface area contributed by atoms with Gasteiger partial charge in [-0.05, 0) is 25.2 Å². The van der Waals surface area contributed by atoms with Crippen molar-refractivity contribution in [2.75, 3.05) is 33.1 Å². The molecular weight excluding hydrogens is 311 g/mol. The molecule has 0 spiro atoms. The highest BCUT2D eigenvalue weighted by molar-refractivity contribution is 5.92. The Morgan fingerprint density at radius 3 is 2.54 bits per heavy atom. The van der Waals surface area contributed by atoms with E-state index in [0.29, 0.717) is 18.0 Å². The van der Waals surface area contributed by atoms with Gasteiger partial charge in [0.1, 0.15) is 5.82 Å². The number of hydrogen-bond acceptors (Lipinski definition) is 4. The normalized spacial score (nSPS) is 10.5. The van der Waals surface area contributed by atoms with Crippen molar-refractivity contribution >= 4 is 11.6 Å².